The lowest BCUT2D eigenvalue weighted by atomic mass is 10.1. The molecule has 2 aliphatic rings. The minimum Gasteiger partial charge on any atom is -0.299 e. The molecule has 1 aliphatic carbocycles. The number of likely N-dealkylation sites (tertiary alicyclic amines) is 1. The van der Waals surface area contributed by atoms with Crippen LogP contribution in [0.5, 0.6) is 0 Å². The lowest BCUT2D eigenvalue weighted by Crippen LogP contribution is -2.33. The SMILES string of the molecule is C[Si](C)(C)/C=C/[C@@H]1[C@H](c2ccccc2)[C@H]1N1CCCCC1. The van der Waals surface area contributed by atoms with Crippen LogP contribution in [-0.4, -0.2) is 32.1 Å². The summed E-state index contributed by atoms with van der Waals surface area (Å²) in [5.74, 6) is 1.48. The lowest BCUT2D eigenvalue weighted by molar-refractivity contribution is 0.211. The van der Waals surface area contributed by atoms with E-state index < -0.39 is 8.07 Å². The van der Waals surface area contributed by atoms with Gasteiger partial charge >= 0.3 is 0 Å². The molecule has 0 aromatic heterocycles. The first-order valence-electron chi connectivity index (χ1n) is 8.55. The van der Waals surface area contributed by atoms with Gasteiger partial charge in [-0.2, -0.15) is 0 Å². The molecule has 1 saturated carbocycles. The standard InChI is InChI=1S/C19H29NSi/c1-21(2,3)15-12-17-18(16-10-6-4-7-11-16)19(17)20-13-8-5-9-14-20/h4,6-7,10-12,15,17-19H,5,8-9,13-14H2,1-3H3/b15-12+/t17-,18+,19+/m1/s1. The average Bonchev–Trinajstić information content (AvgIpc) is 3.21. The van der Waals surface area contributed by atoms with E-state index in [1.165, 1.54) is 32.4 Å². The average molecular weight is 300 g/mol. The van der Waals surface area contributed by atoms with Gasteiger partial charge in [0.2, 0.25) is 0 Å². The van der Waals surface area contributed by atoms with Crippen molar-refractivity contribution in [2.24, 2.45) is 5.92 Å². The maximum absolute atomic E-state index is 2.76. The van der Waals surface area contributed by atoms with Crippen molar-refractivity contribution >= 4 is 8.07 Å². The summed E-state index contributed by atoms with van der Waals surface area (Å²) in [6.45, 7) is 9.91. The number of piperidine rings is 1. The van der Waals surface area contributed by atoms with E-state index in [-0.39, 0.29) is 0 Å². The molecule has 114 valence electrons. The molecule has 1 nitrogen and oxygen atoms in total. The van der Waals surface area contributed by atoms with Gasteiger partial charge in [0.05, 0.1) is 8.07 Å². The molecule has 3 atom stereocenters. The van der Waals surface area contributed by atoms with Crippen LogP contribution < -0.4 is 0 Å². The molecule has 0 spiro atoms. The van der Waals surface area contributed by atoms with Gasteiger partial charge in [-0.05, 0) is 31.5 Å². The zero-order chi connectivity index (χ0) is 14.9. The predicted octanol–water partition coefficient (Wildman–Crippen LogP) is 4.69. The molecule has 0 amide bonds. The molecule has 0 radical (unpaired) electrons. The Morgan fingerprint density at radius 3 is 2.29 bits per heavy atom. The zero-order valence-corrected chi connectivity index (χ0v) is 14.8. The predicted molar refractivity (Wildman–Crippen MR) is 94.4 cm³/mol. The van der Waals surface area contributed by atoms with Gasteiger partial charge < -0.3 is 0 Å². The van der Waals surface area contributed by atoms with Crippen LogP contribution in [0.1, 0.15) is 30.7 Å². The second-order valence-electron chi connectivity index (χ2n) is 7.83. The topological polar surface area (TPSA) is 3.24 Å². The third kappa shape index (κ3) is 3.67. The van der Waals surface area contributed by atoms with Crippen molar-refractivity contribution < 1.29 is 0 Å². The molecule has 1 aliphatic heterocycles. The van der Waals surface area contributed by atoms with E-state index in [2.05, 4.69) is 66.6 Å². The summed E-state index contributed by atoms with van der Waals surface area (Å²) in [7, 11) is -1.09. The molecule has 21 heavy (non-hydrogen) atoms. The highest BCUT2D eigenvalue weighted by Gasteiger charge is 2.52. The first-order valence-corrected chi connectivity index (χ1v) is 12.1. The normalized spacial score (nSPS) is 30.7. The summed E-state index contributed by atoms with van der Waals surface area (Å²) in [5, 5.41) is 0. The Morgan fingerprint density at radius 2 is 1.67 bits per heavy atom. The van der Waals surface area contributed by atoms with E-state index in [0.717, 1.165) is 17.9 Å². The fraction of sp³-hybridized carbons (Fsp3) is 0.579. The van der Waals surface area contributed by atoms with Crippen molar-refractivity contribution in [2.75, 3.05) is 13.1 Å². The molecule has 3 rings (SSSR count). The Bertz CT molecular complexity index is 482. The van der Waals surface area contributed by atoms with Crippen LogP contribution >= 0.6 is 0 Å². The van der Waals surface area contributed by atoms with E-state index in [0.29, 0.717) is 0 Å². The number of hydrogen-bond acceptors (Lipinski definition) is 1. The molecular formula is C19H29NSi. The molecule has 1 saturated heterocycles. The number of hydrogen-bond donors (Lipinski definition) is 0. The molecule has 1 heterocycles. The third-order valence-corrected chi connectivity index (χ3v) is 6.04. The number of nitrogens with zero attached hydrogens (tertiary/aromatic N) is 1. The van der Waals surface area contributed by atoms with Gasteiger partial charge in [0.1, 0.15) is 0 Å². The van der Waals surface area contributed by atoms with E-state index in [9.17, 15) is 0 Å². The van der Waals surface area contributed by atoms with Crippen molar-refractivity contribution in [3.63, 3.8) is 0 Å². The van der Waals surface area contributed by atoms with Gasteiger partial charge in [0, 0.05) is 17.9 Å². The Kier molecular flexibility index (Phi) is 4.37. The Morgan fingerprint density at radius 1 is 1.00 bits per heavy atom. The van der Waals surface area contributed by atoms with E-state index in [4.69, 9.17) is 0 Å². The van der Waals surface area contributed by atoms with Crippen molar-refractivity contribution in [3.8, 4) is 0 Å². The fourth-order valence-corrected chi connectivity index (χ4v) is 4.53. The lowest BCUT2D eigenvalue weighted by Gasteiger charge is -2.27. The Labute approximate surface area is 131 Å². The van der Waals surface area contributed by atoms with Crippen LogP contribution in [0, 0.1) is 5.92 Å². The first kappa shape index (κ1) is 15.0. The van der Waals surface area contributed by atoms with Crippen LogP contribution in [0.2, 0.25) is 19.6 Å². The van der Waals surface area contributed by atoms with Crippen molar-refractivity contribution in [1.82, 2.24) is 4.90 Å². The summed E-state index contributed by atoms with van der Waals surface area (Å²) >= 11 is 0. The molecule has 0 unspecified atom stereocenters. The van der Waals surface area contributed by atoms with Gasteiger partial charge in [0.25, 0.3) is 0 Å². The smallest absolute Gasteiger partial charge is 0.0683 e. The second kappa shape index (κ2) is 6.10. The van der Waals surface area contributed by atoms with Crippen molar-refractivity contribution in [3.05, 3.63) is 47.7 Å². The monoisotopic (exact) mass is 299 g/mol. The van der Waals surface area contributed by atoms with Gasteiger partial charge in [0.15, 0.2) is 0 Å². The molecule has 0 bridgehead atoms. The fourth-order valence-electron chi connectivity index (χ4n) is 3.73. The quantitative estimate of drug-likeness (QED) is 0.729. The molecule has 0 N–H and O–H groups in total. The van der Waals surface area contributed by atoms with E-state index >= 15 is 0 Å². The maximum Gasteiger partial charge on any atom is 0.0683 e. The Hall–Kier alpha value is -0.863. The zero-order valence-electron chi connectivity index (χ0n) is 13.8. The van der Waals surface area contributed by atoms with Crippen LogP contribution in [0.4, 0.5) is 0 Å². The summed E-state index contributed by atoms with van der Waals surface area (Å²) in [4.78, 5) is 2.76. The van der Waals surface area contributed by atoms with E-state index in [1.807, 2.05) is 0 Å². The molecule has 2 fully saturated rings. The minimum absolute atomic E-state index is 0.733. The minimum atomic E-state index is -1.09. The van der Waals surface area contributed by atoms with E-state index in [1.54, 1.807) is 5.56 Å². The second-order valence-corrected chi connectivity index (χ2v) is 12.9. The highest BCUT2D eigenvalue weighted by Crippen LogP contribution is 2.52. The summed E-state index contributed by atoms with van der Waals surface area (Å²) in [6, 6.07) is 11.9. The van der Waals surface area contributed by atoms with Gasteiger partial charge in [-0.25, -0.2) is 0 Å². The number of benzene rings is 1. The molecule has 1 aromatic carbocycles. The van der Waals surface area contributed by atoms with Crippen LogP contribution in [0.3, 0.4) is 0 Å². The van der Waals surface area contributed by atoms with Crippen LogP contribution in [-0.2, 0) is 0 Å². The summed E-state index contributed by atoms with van der Waals surface area (Å²) < 4.78 is 0. The molecular weight excluding hydrogens is 270 g/mol. The number of rotatable bonds is 4. The van der Waals surface area contributed by atoms with Gasteiger partial charge in [-0.15, -0.1) is 0 Å². The summed E-state index contributed by atoms with van der Waals surface area (Å²) in [5.41, 5.74) is 4.09. The third-order valence-electron chi connectivity index (χ3n) is 4.85. The highest BCUT2D eigenvalue weighted by molar-refractivity contribution is 6.80. The van der Waals surface area contributed by atoms with Gasteiger partial charge in [-0.3, -0.25) is 4.90 Å². The van der Waals surface area contributed by atoms with Crippen LogP contribution in [0.25, 0.3) is 0 Å². The maximum atomic E-state index is 2.76. The van der Waals surface area contributed by atoms with Gasteiger partial charge in [-0.1, -0.05) is 68.2 Å². The highest BCUT2D eigenvalue weighted by atomic mass is 28.3. The summed E-state index contributed by atoms with van der Waals surface area (Å²) in [6.07, 6.45) is 6.77. The first-order chi connectivity index (χ1) is 10.1. The largest absolute Gasteiger partial charge is 0.299 e. The van der Waals surface area contributed by atoms with Crippen LogP contribution in [0.15, 0.2) is 42.1 Å². The molecule has 1 aromatic rings. The molecule has 2 heteroatoms. The Balaban J connectivity index is 1.77. The van der Waals surface area contributed by atoms with Crippen molar-refractivity contribution in [2.45, 2.75) is 50.9 Å². The van der Waals surface area contributed by atoms with Crippen molar-refractivity contribution in [1.29, 1.82) is 0 Å².